The highest BCUT2D eigenvalue weighted by atomic mass is 16.4. The van der Waals surface area contributed by atoms with Gasteiger partial charge in [0.05, 0.1) is 18.9 Å². The van der Waals surface area contributed by atoms with E-state index in [0.29, 0.717) is 0 Å². The molecule has 0 saturated heterocycles. The molecule has 0 aromatic rings. The minimum absolute atomic E-state index is 0.321. The van der Waals surface area contributed by atoms with Crippen LogP contribution in [0.3, 0.4) is 0 Å². The fourth-order valence-electron chi connectivity index (χ4n) is 2.53. The van der Waals surface area contributed by atoms with Gasteiger partial charge in [-0.2, -0.15) is 0 Å². The van der Waals surface area contributed by atoms with Gasteiger partial charge in [-0.25, -0.2) is 4.79 Å². The van der Waals surface area contributed by atoms with Crippen LogP contribution >= 0.6 is 0 Å². The van der Waals surface area contributed by atoms with Crippen LogP contribution in [0.5, 0.6) is 0 Å². The summed E-state index contributed by atoms with van der Waals surface area (Å²) in [6.07, 6.45) is -4.12. The quantitative estimate of drug-likeness (QED) is 0.0926. The number of carboxylic acids is 5. The second-order valence-corrected chi connectivity index (χ2v) is 7.19. The van der Waals surface area contributed by atoms with Crippen LogP contribution in [0.25, 0.3) is 0 Å². The molecule has 35 heavy (non-hydrogen) atoms. The molecule has 0 rings (SSSR count). The van der Waals surface area contributed by atoms with E-state index >= 15 is 0 Å². The van der Waals surface area contributed by atoms with E-state index in [-0.39, 0.29) is 6.42 Å². The van der Waals surface area contributed by atoms with E-state index in [2.05, 4.69) is 5.32 Å². The standard InChI is InChI=1S/C18H26N4O13/c19-7(1-3-11(23)24)15(31)20-8(2-4-12(25)26)16(32)21-9(5-13(27)28)17(33)22-10(18(34)35)6-14(29)30/h7-10H,1-6,19H2,(H,20,31)(H,21,32)(H,22,33)(H,23,24)(H,25,26)(H,27,28)(H,29,30)(H,34,35). The highest BCUT2D eigenvalue weighted by Crippen LogP contribution is 2.04. The molecule has 0 fully saturated rings. The summed E-state index contributed by atoms with van der Waals surface area (Å²) < 4.78 is 0. The molecule has 0 aromatic carbocycles. The Morgan fingerprint density at radius 2 is 0.943 bits per heavy atom. The van der Waals surface area contributed by atoms with Crippen LogP contribution in [0, 0.1) is 0 Å². The minimum Gasteiger partial charge on any atom is -0.481 e. The van der Waals surface area contributed by atoms with E-state index < -0.39 is 104 Å². The van der Waals surface area contributed by atoms with Gasteiger partial charge < -0.3 is 47.2 Å². The molecule has 0 aliphatic heterocycles. The average Bonchev–Trinajstić information content (AvgIpc) is 2.72. The molecule has 17 nitrogen and oxygen atoms in total. The summed E-state index contributed by atoms with van der Waals surface area (Å²) in [5, 5.41) is 50.1. The molecule has 0 aliphatic carbocycles. The lowest BCUT2D eigenvalue weighted by Gasteiger charge is -2.24. The lowest BCUT2D eigenvalue weighted by Crippen LogP contribution is -2.57. The first kappa shape index (κ1) is 30.7. The van der Waals surface area contributed by atoms with Crippen LogP contribution in [-0.2, 0) is 38.4 Å². The first-order valence-electron chi connectivity index (χ1n) is 9.90. The number of carbonyl (C=O) groups excluding carboxylic acids is 3. The maximum atomic E-state index is 12.6. The second kappa shape index (κ2) is 14.8. The molecule has 0 saturated carbocycles. The van der Waals surface area contributed by atoms with Gasteiger partial charge in [0.15, 0.2) is 0 Å². The third-order valence-corrected chi connectivity index (χ3v) is 4.29. The van der Waals surface area contributed by atoms with Crippen LogP contribution in [0.4, 0.5) is 0 Å². The summed E-state index contributed by atoms with van der Waals surface area (Å²) in [5.74, 6) is -11.2. The van der Waals surface area contributed by atoms with Crippen LogP contribution in [0.1, 0.15) is 38.5 Å². The number of hydrogen-bond donors (Lipinski definition) is 9. The van der Waals surface area contributed by atoms with Crippen molar-refractivity contribution in [3.05, 3.63) is 0 Å². The van der Waals surface area contributed by atoms with Gasteiger partial charge >= 0.3 is 29.8 Å². The van der Waals surface area contributed by atoms with Gasteiger partial charge in [0.25, 0.3) is 0 Å². The predicted molar refractivity (Wildman–Crippen MR) is 110 cm³/mol. The molecule has 0 bridgehead atoms. The molecule has 0 aromatic heterocycles. The molecule has 0 heterocycles. The molecular formula is C18H26N4O13. The number of hydrogen-bond acceptors (Lipinski definition) is 9. The molecule has 17 heteroatoms. The summed E-state index contributed by atoms with van der Waals surface area (Å²) in [7, 11) is 0. The van der Waals surface area contributed by atoms with E-state index in [4.69, 9.17) is 31.3 Å². The second-order valence-electron chi connectivity index (χ2n) is 7.19. The van der Waals surface area contributed by atoms with Crippen molar-refractivity contribution in [2.75, 3.05) is 0 Å². The van der Waals surface area contributed by atoms with Crippen molar-refractivity contribution in [3.8, 4) is 0 Å². The largest absolute Gasteiger partial charge is 0.481 e. The fraction of sp³-hybridized carbons (Fsp3) is 0.556. The summed E-state index contributed by atoms with van der Waals surface area (Å²) in [6.45, 7) is 0. The lowest BCUT2D eigenvalue weighted by atomic mass is 10.1. The Bertz CT molecular complexity index is 859. The number of amides is 3. The van der Waals surface area contributed by atoms with Gasteiger partial charge in [-0.3, -0.25) is 33.6 Å². The first-order valence-corrected chi connectivity index (χ1v) is 9.90. The summed E-state index contributed by atoms with van der Waals surface area (Å²) in [5.41, 5.74) is 5.54. The van der Waals surface area contributed by atoms with Crippen LogP contribution in [0.2, 0.25) is 0 Å². The SMILES string of the molecule is NC(CCC(=O)O)C(=O)NC(CCC(=O)O)C(=O)NC(CC(=O)O)C(=O)NC(CC(=O)O)C(=O)O. The van der Waals surface area contributed by atoms with Crippen LogP contribution in [0.15, 0.2) is 0 Å². The maximum absolute atomic E-state index is 12.6. The average molecular weight is 506 g/mol. The third-order valence-electron chi connectivity index (χ3n) is 4.29. The van der Waals surface area contributed by atoms with Crippen LogP contribution < -0.4 is 21.7 Å². The lowest BCUT2D eigenvalue weighted by molar-refractivity contribution is -0.148. The molecule has 196 valence electrons. The van der Waals surface area contributed by atoms with Gasteiger partial charge in [-0.1, -0.05) is 0 Å². The molecule has 0 radical (unpaired) electrons. The topological polar surface area (TPSA) is 300 Å². The first-order chi connectivity index (χ1) is 16.1. The smallest absolute Gasteiger partial charge is 0.326 e. The Morgan fingerprint density at radius 1 is 0.543 bits per heavy atom. The number of nitrogens with two attached hydrogens (primary N) is 1. The normalized spacial score (nSPS) is 13.9. The highest BCUT2D eigenvalue weighted by Gasteiger charge is 2.32. The van der Waals surface area contributed by atoms with Crippen molar-refractivity contribution in [2.24, 2.45) is 5.73 Å². The molecule has 0 spiro atoms. The predicted octanol–water partition coefficient (Wildman–Crippen LogP) is -3.47. The van der Waals surface area contributed by atoms with Crippen molar-refractivity contribution in [1.29, 1.82) is 0 Å². The molecule has 4 unspecified atom stereocenters. The number of aliphatic carboxylic acids is 5. The third kappa shape index (κ3) is 13.1. The minimum atomic E-state index is -1.96. The zero-order chi connectivity index (χ0) is 27.3. The van der Waals surface area contributed by atoms with Crippen molar-refractivity contribution < 1.29 is 63.9 Å². The van der Waals surface area contributed by atoms with Crippen molar-refractivity contribution in [1.82, 2.24) is 16.0 Å². The summed E-state index contributed by atoms with van der Waals surface area (Å²) in [4.78, 5) is 91.7. The van der Waals surface area contributed by atoms with E-state index in [0.717, 1.165) is 0 Å². The zero-order valence-corrected chi connectivity index (χ0v) is 18.1. The van der Waals surface area contributed by atoms with Gasteiger partial charge in [-0.05, 0) is 12.8 Å². The van der Waals surface area contributed by atoms with Gasteiger partial charge in [0, 0.05) is 12.8 Å². The molecule has 0 aliphatic rings. The number of carbonyl (C=O) groups is 8. The Labute approximate surface area is 196 Å². The Hall–Kier alpha value is -4.28. The molecule has 4 atom stereocenters. The number of carboxylic acid groups (broad SMARTS) is 5. The van der Waals surface area contributed by atoms with E-state index in [9.17, 15) is 38.4 Å². The molecular weight excluding hydrogens is 480 g/mol. The van der Waals surface area contributed by atoms with E-state index in [1.54, 1.807) is 5.32 Å². The van der Waals surface area contributed by atoms with Gasteiger partial charge in [0.1, 0.15) is 18.1 Å². The number of nitrogens with one attached hydrogen (secondary N) is 3. The van der Waals surface area contributed by atoms with E-state index in [1.807, 2.05) is 5.32 Å². The monoisotopic (exact) mass is 506 g/mol. The zero-order valence-electron chi connectivity index (χ0n) is 18.1. The Kier molecular flexibility index (Phi) is 13.0. The summed E-state index contributed by atoms with van der Waals surface area (Å²) in [6, 6.07) is -6.92. The Morgan fingerprint density at radius 3 is 1.40 bits per heavy atom. The highest BCUT2D eigenvalue weighted by molar-refractivity contribution is 5.96. The summed E-state index contributed by atoms with van der Waals surface area (Å²) >= 11 is 0. The number of rotatable bonds is 17. The van der Waals surface area contributed by atoms with E-state index in [1.165, 1.54) is 0 Å². The van der Waals surface area contributed by atoms with Crippen molar-refractivity contribution >= 4 is 47.6 Å². The van der Waals surface area contributed by atoms with Gasteiger partial charge in [-0.15, -0.1) is 0 Å². The van der Waals surface area contributed by atoms with Crippen LogP contribution in [-0.4, -0.2) is 97.3 Å². The van der Waals surface area contributed by atoms with Crippen molar-refractivity contribution in [3.63, 3.8) is 0 Å². The Balaban J connectivity index is 5.59. The van der Waals surface area contributed by atoms with Crippen molar-refractivity contribution in [2.45, 2.75) is 62.7 Å². The molecule has 10 N–H and O–H groups in total. The van der Waals surface area contributed by atoms with Gasteiger partial charge in [0.2, 0.25) is 17.7 Å². The fourth-order valence-corrected chi connectivity index (χ4v) is 2.53. The maximum Gasteiger partial charge on any atom is 0.326 e. The molecule has 3 amide bonds.